The molecule has 0 fully saturated rings. The Hall–Kier alpha value is -0.830. The molecule has 0 amide bonds. The fraction of sp³-hybridized carbons (Fsp3) is 0.762. The number of carbonyl (C=O) groups is 1. The van der Waals surface area contributed by atoms with Gasteiger partial charge in [0.15, 0.2) is 6.29 Å². The van der Waals surface area contributed by atoms with E-state index in [0.717, 1.165) is 23.5 Å². The van der Waals surface area contributed by atoms with Crippen LogP contribution in [0.25, 0.3) is 0 Å². The first-order valence-electron chi connectivity index (χ1n) is 9.97. The van der Waals surface area contributed by atoms with Crippen LogP contribution < -0.4 is 4.74 Å². The van der Waals surface area contributed by atoms with E-state index in [0.29, 0.717) is 5.92 Å². The number of thiophene rings is 1. The molecule has 0 aliphatic heterocycles. The van der Waals surface area contributed by atoms with E-state index >= 15 is 0 Å². The Balaban J connectivity index is 2.32. The molecular formula is C21H36O2S. The number of rotatable bonds is 16. The minimum atomic E-state index is 0.632. The van der Waals surface area contributed by atoms with Crippen LogP contribution in [0.1, 0.15) is 101 Å². The molecule has 24 heavy (non-hydrogen) atoms. The van der Waals surface area contributed by atoms with Crippen molar-refractivity contribution in [3.05, 3.63) is 16.3 Å². The van der Waals surface area contributed by atoms with Gasteiger partial charge < -0.3 is 4.74 Å². The molecule has 1 heterocycles. The van der Waals surface area contributed by atoms with E-state index in [1.807, 2.05) is 11.4 Å². The SMILES string of the molecule is CCCCCCCCC(CCCCCC)COc1ccsc1C=O. The normalized spacial score (nSPS) is 12.2. The summed E-state index contributed by atoms with van der Waals surface area (Å²) < 4.78 is 5.96. The minimum absolute atomic E-state index is 0.632. The molecule has 0 saturated carbocycles. The van der Waals surface area contributed by atoms with Crippen molar-refractivity contribution in [2.24, 2.45) is 5.92 Å². The summed E-state index contributed by atoms with van der Waals surface area (Å²) in [7, 11) is 0. The Kier molecular flexibility index (Phi) is 12.8. The second-order valence-corrected chi connectivity index (χ2v) is 7.80. The fourth-order valence-corrected chi connectivity index (χ4v) is 3.74. The second kappa shape index (κ2) is 14.5. The first-order valence-corrected chi connectivity index (χ1v) is 10.8. The van der Waals surface area contributed by atoms with Gasteiger partial charge in [0, 0.05) is 0 Å². The highest BCUT2D eigenvalue weighted by molar-refractivity contribution is 7.12. The highest BCUT2D eigenvalue weighted by atomic mass is 32.1. The summed E-state index contributed by atoms with van der Waals surface area (Å²) in [5, 5.41) is 1.93. The lowest BCUT2D eigenvalue weighted by molar-refractivity contribution is 0.112. The maximum absolute atomic E-state index is 11.0. The minimum Gasteiger partial charge on any atom is -0.492 e. The van der Waals surface area contributed by atoms with Crippen LogP contribution in [-0.2, 0) is 0 Å². The molecule has 0 saturated heterocycles. The third kappa shape index (κ3) is 9.46. The van der Waals surface area contributed by atoms with Crippen LogP contribution in [0.3, 0.4) is 0 Å². The second-order valence-electron chi connectivity index (χ2n) is 6.85. The predicted octanol–water partition coefficient (Wildman–Crippen LogP) is 7.28. The molecule has 138 valence electrons. The molecule has 1 atom stereocenters. The molecule has 0 radical (unpaired) electrons. The van der Waals surface area contributed by atoms with Gasteiger partial charge >= 0.3 is 0 Å². The maximum atomic E-state index is 11.0. The van der Waals surface area contributed by atoms with Gasteiger partial charge in [-0.3, -0.25) is 4.79 Å². The monoisotopic (exact) mass is 352 g/mol. The Labute approximate surface area is 153 Å². The van der Waals surface area contributed by atoms with Crippen molar-refractivity contribution in [3.8, 4) is 5.75 Å². The number of hydrogen-bond acceptors (Lipinski definition) is 3. The van der Waals surface area contributed by atoms with Crippen LogP contribution in [0.5, 0.6) is 5.75 Å². The molecule has 0 bridgehead atoms. The smallest absolute Gasteiger partial charge is 0.163 e. The summed E-state index contributed by atoms with van der Waals surface area (Å²) in [5.41, 5.74) is 0. The van der Waals surface area contributed by atoms with Crippen LogP contribution in [0.2, 0.25) is 0 Å². The van der Waals surface area contributed by atoms with E-state index in [4.69, 9.17) is 4.74 Å². The molecular weight excluding hydrogens is 316 g/mol. The zero-order valence-electron chi connectivity index (χ0n) is 15.7. The van der Waals surface area contributed by atoms with Crippen molar-refractivity contribution in [2.45, 2.75) is 90.9 Å². The highest BCUT2D eigenvalue weighted by Crippen LogP contribution is 2.25. The van der Waals surface area contributed by atoms with Crippen molar-refractivity contribution in [2.75, 3.05) is 6.61 Å². The molecule has 0 aromatic carbocycles. The summed E-state index contributed by atoms with van der Waals surface area (Å²) in [5.74, 6) is 1.41. The number of aldehydes is 1. The van der Waals surface area contributed by atoms with Crippen molar-refractivity contribution in [1.29, 1.82) is 0 Å². The van der Waals surface area contributed by atoms with Gasteiger partial charge in [0.2, 0.25) is 0 Å². The molecule has 1 aromatic heterocycles. The van der Waals surface area contributed by atoms with Crippen LogP contribution in [0.15, 0.2) is 11.4 Å². The lowest BCUT2D eigenvalue weighted by Gasteiger charge is -2.17. The van der Waals surface area contributed by atoms with Crippen molar-refractivity contribution >= 4 is 17.6 Å². The predicted molar refractivity (Wildman–Crippen MR) is 105 cm³/mol. The van der Waals surface area contributed by atoms with Gasteiger partial charge in [-0.1, -0.05) is 78.1 Å². The highest BCUT2D eigenvalue weighted by Gasteiger charge is 2.12. The van der Waals surface area contributed by atoms with Crippen LogP contribution in [-0.4, -0.2) is 12.9 Å². The Morgan fingerprint density at radius 2 is 1.54 bits per heavy atom. The third-order valence-electron chi connectivity index (χ3n) is 4.67. The van der Waals surface area contributed by atoms with Crippen LogP contribution in [0, 0.1) is 5.92 Å². The lowest BCUT2D eigenvalue weighted by Crippen LogP contribution is -2.13. The van der Waals surface area contributed by atoms with Gasteiger partial charge in [-0.25, -0.2) is 0 Å². The fourth-order valence-electron chi connectivity index (χ4n) is 3.11. The average molecular weight is 353 g/mol. The van der Waals surface area contributed by atoms with Gasteiger partial charge in [0.25, 0.3) is 0 Å². The van der Waals surface area contributed by atoms with E-state index in [2.05, 4.69) is 13.8 Å². The molecule has 0 N–H and O–H groups in total. The van der Waals surface area contributed by atoms with E-state index in [1.54, 1.807) is 0 Å². The first kappa shape index (κ1) is 21.2. The molecule has 1 aromatic rings. The Morgan fingerprint density at radius 1 is 0.958 bits per heavy atom. The van der Waals surface area contributed by atoms with E-state index in [9.17, 15) is 4.79 Å². The molecule has 2 nitrogen and oxygen atoms in total. The van der Waals surface area contributed by atoms with Crippen molar-refractivity contribution in [3.63, 3.8) is 0 Å². The van der Waals surface area contributed by atoms with Crippen molar-refractivity contribution in [1.82, 2.24) is 0 Å². The number of hydrogen-bond donors (Lipinski definition) is 0. The van der Waals surface area contributed by atoms with Gasteiger partial charge in [-0.15, -0.1) is 11.3 Å². The molecule has 1 rings (SSSR count). The lowest BCUT2D eigenvalue weighted by atomic mass is 9.95. The van der Waals surface area contributed by atoms with Gasteiger partial charge in [-0.05, 0) is 30.2 Å². The largest absolute Gasteiger partial charge is 0.492 e. The molecule has 0 spiro atoms. The molecule has 0 aliphatic rings. The average Bonchev–Trinajstić information content (AvgIpc) is 3.06. The van der Waals surface area contributed by atoms with Gasteiger partial charge in [0.1, 0.15) is 10.6 Å². The summed E-state index contributed by atoms with van der Waals surface area (Å²) in [4.78, 5) is 11.7. The summed E-state index contributed by atoms with van der Waals surface area (Å²) >= 11 is 1.46. The summed E-state index contributed by atoms with van der Waals surface area (Å²) in [6.07, 6.45) is 16.8. The zero-order valence-corrected chi connectivity index (χ0v) is 16.5. The molecule has 3 heteroatoms. The standard InChI is InChI=1S/C21H36O2S/c1-3-5-7-9-10-12-14-19(13-11-8-6-4-2)18-23-20-15-16-24-21(20)17-22/h15-17,19H,3-14,18H2,1-2H3. The number of ether oxygens (including phenoxy) is 1. The Bertz CT molecular complexity index is 414. The van der Waals surface area contributed by atoms with E-state index < -0.39 is 0 Å². The Morgan fingerprint density at radius 3 is 2.17 bits per heavy atom. The summed E-state index contributed by atoms with van der Waals surface area (Å²) in [6, 6.07) is 1.92. The molecule has 0 aliphatic carbocycles. The molecule has 1 unspecified atom stereocenters. The number of carbonyl (C=O) groups excluding carboxylic acids is 1. The number of unbranched alkanes of at least 4 members (excludes halogenated alkanes) is 8. The van der Waals surface area contributed by atoms with Crippen LogP contribution >= 0.6 is 11.3 Å². The van der Waals surface area contributed by atoms with Gasteiger partial charge in [-0.2, -0.15) is 0 Å². The quantitative estimate of drug-likeness (QED) is 0.231. The summed E-state index contributed by atoms with van der Waals surface area (Å²) in [6.45, 7) is 5.29. The van der Waals surface area contributed by atoms with Crippen molar-refractivity contribution < 1.29 is 9.53 Å². The zero-order chi connectivity index (χ0) is 17.5. The third-order valence-corrected chi connectivity index (χ3v) is 5.49. The topological polar surface area (TPSA) is 26.3 Å². The van der Waals surface area contributed by atoms with E-state index in [-0.39, 0.29) is 0 Å². The van der Waals surface area contributed by atoms with Gasteiger partial charge in [0.05, 0.1) is 6.61 Å². The maximum Gasteiger partial charge on any atom is 0.163 e. The van der Waals surface area contributed by atoms with Crippen LogP contribution in [0.4, 0.5) is 0 Å². The first-order chi connectivity index (χ1) is 11.8. The van der Waals surface area contributed by atoms with E-state index in [1.165, 1.54) is 88.4 Å².